The molecule has 0 bridgehead atoms. The number of aryl methyl sites for hydroxylation is 1. The van der Waals surface area contributed by atoms with Crippen LogP contribution < -0.4 is 5.32 Å². The number of nitrogens with zero attached hydrogens (tertiary/aromatic N) is 1. The van der Waals surface area contributed by atoms with Crippen LogP contribution in [0, 0.1) is 6.92 Å². The second-order valence-electron chi connectivity index (χ2n) is 7.09. The van der Waals surface area contributed by atoms with E-state index in [-0.39, 0.29) is 12.6 Å². The first-order valence-corrected chi connectivity index (χ1v) is 9.94. The number of urea groups is 1. The SMILES string of the molecule is Cc1cc2[nH]c3c(c2cc1Cl)CCN(C(=O)NCc1cccc(Cl)c1)C3CO. The van der Waals surface area contributed by atoms with E-state index in [0.717, 1.165) is 38.3 Å². The van der Waals surface area contributed by atoms with Gasteiger partial charge < -0.3 is 20.3 Å². The fourth-order valence-corrected chi connectivity index (χ4v) is 4.23. The van der Waals surface area contributed by atoms with E-state index in [0.29, 0.717) is 24.5 Å². The van der Waals surface area contributed by atoms with Crippen molar-refractivity contribution in [2.75, 3.05) is 13.2 Å². The molecule has 146 valence electrons. The molecule has 3 N–H and O–H groups in total. The number of rotatable bonds is 3. The van der Waals surface area contributed by atoms with Gasteiger partial charge in [-0.15, -0.1) is 0 Å². The number of aromatic nitrogens is 1. The molecular formula is C21H21Cl2N3O2. The van der Waals surface area contributed by atoms with Gasteiger partial charge in [0.05, 0.1) is 12.6 Å². The Hall–Kier alpha value is -2.21. The van der Waals surface area contributed by atoms with Gasteiger partial charge in [0.15, 0.2) is 0 Å². The molecular weight excluding hydrogens is 397 g/mol. The molecule has 5 nitrogen and oxygen atoms in total. The van der Waals surface area contributed by atoms with Crippen LogP contribution in [0.5, 0.6) is 0 Å². The molecule has 7 heteroatoms. The summed E-state index contributed by atoms with van der Waals surface area (Å²) in [4.78, 5) is 17.9. The van der Waals surface area contributed by atoms with Crippen LogP contribution in [-0.4, -0.2) is 34.2 Å². The van der Waals surface area contributed by atoms with Gasteiger partial charge in [-0.3, -0.25) is 0 Å². The summed E-state index contributed by atoms with van der Waals surface area (Å²) < 4.78 is 0. The molecule has 0 saturated carbocycles. The third-order valence-electron chi connectivity index (χ3n) is 5.30. The Balaban J connectivity index is 1.58. The van der Waals surface area contributed by atoms with E-state index < -0.39 is 6.04 Å². The second-order valence-corrected chi connectivity index (χ2v) is 7.94. The zero-order chi connectivity index (χ0) is 19.8. The van der Waals surface area contributed by atoms with Crippen molar-refractivity contribution in [1.82, 2.24) is 15.2 Å². The van der Waals surface area contributed by atoms with Crippen LogP contribution in [0.25, 0.3) is 10.9 Å². The quantitative estimate of drug-likeness (QED) is 0.583. The Morgan fingerprint density at radius 3 is 2.89 bits per heavy atom. The molecule has 2 amide bonds. The van der Waals surface area contributed by atoms with Crippen molar-refractivity contribution >= 4 is 40.1 Å². The largest absolute Gasteiger partial charge is 0.394 e. The van der Waals surface area contributed by atoms with Gasteiger partial charge in [0, 0.05) is 39.7 Å². The number of fused-ring (bicyclic) bond motifs is 3. The number of nitrogens with one attached hydrogen (secondary N) is 2. The first-order chi connectivity index (χ1) is 13.5. The van der Waals surface area contributed by atoms with E-state index in [2.05, 4.69) is 10.3 Å². The average molecular weight is 418 g/mol. The Labute approximate surface area is 173 Å². The summed E-state index contributed by atoms with van der Waals surface area (Å²) in [7, 11) is 0. The lowest BCUT2D eigenvalue weighted by Crippen LogP contribution is -2.46. The minimum Gasteiger partial charge on any atom is -0.394 e. The van der Waals surface area contributed by atoms with Crippen molar-refractivity contribution in [2.24, 2.45) is 0 Å². The van der Waals surface area contributed by atoms with Gasteiger partial charge in [-0.2, -0.15) is 0 Å². The maximum Gasteiger partial charge on any atom is 0.318 e. The minimum atomic E-state index is -0.422. The summed E-state index contributed by atoms with van der Waals surface area (Å²) in [6.45, 7) is 2.71. The van der Waals surface area contributed by atoms with Gasteiger partial charge in [-0.1, -0.05) is 35.3 Å². The highest BCUT2D eigenvalue weighted by Gasteiger charge is 2.33. The average Bonchev–Trinajstić information content (AvgIpc) is 3.03. The molecule has 2 heterocycles. The number of aliphatic hydroxyl groups is 1. The van der Waals surface area contributed by atoms with Crippen LogP contribution in [0.15, 0.2) is 36.4 Å². The Morgan fingerprint density at radius 2 is 2.14 bits per heavy atom. The lowest BCUT2D eigenvalue weighted by Gasteiger charge is -2.34. The zero-order valence-electron chi connectivity index (χ0n) is 15.4. The monoisotopic (exact) mass is 417 g/mol. The summed E-state index contributed by atoms with van der Waals surface area (Å²) >= 11 is 12.3. The van der Waals surface area contributed by atoms with Crippen LogP contribution in [0.1, 0.15) is 28.4 Å². The summed E-state index contributed by atoms with van der Waals surface area (Å²) in [5.74, 6) is 0. The van der Waals surface area contributed by atoms with Crippen LogP contribution in [0.2, 0.25) is 10.0 Å². The molecule has 0 fully saturated rings. The van der Waals surface area contributed by atoms with Crippen molar-refractivity contribution in [3.05, 3.63) is 68.8 Å². The number of benzene rings is 2. The van der Waals surface area contributed by atoms with Crippen LogP contribution in [-0.2, 0) is 13.0 Å². The number of carbonyl (C=O) groups is 1. The molecule has 3 aromatic rings. The molecule has 0 aliphatic carbocycles. The number of halogens is 2. The Morgan fingerprint density at radius 1 is 1.32 bits per heavy atom. The fraction of sp³-hybridized carbons (Fsp3) is 0.286. The van der Waals surface area contributed by atoms with Crippen molar-refractivity contribution in [2.45, 2.75) is 25.9 Å². The molecule has 1 aliphatic rings. The Kier molecular flexibility index (Phi) is 5.23. The number of hydrogen-bond donors (Lipinski definition) is 3. The number of H-pyrrole nitrogens is 1. The number of aliphatic hydroxyl groups excluding tert-OH is 1. The highest BCUT2D eigenvalue weighted by molar-refractivity contribution is 6.32. The van der Waals surface area contributed by atoms with E-state index in [9.17, 15) is 9.90 Å². The van der Waals surface area contributed by atoms with Gasteiger partial charge in [0.25, 0.3) is 0 Å². The first kappa shape index (κ1) is 19.1. The van der Waals surface area contributed by atoms with Gasteiger partial charge in [-0.25, -0.2) is 4.79 Å². The van der Waals surface area contributed by atoms with Gasteiger partial charge in [0.2, 0.25) is 0 Å². The fourth-order valence-electron chi connectivity index (χ4n) is 3.86. The summed E-state index contributed by atoms with van der Waals surface area (Å²) in [6, 6.07) is 10.7. The zero-order valence-corrected chi connectivity index (χ0v) is 16.9. The predicted molar refractivity (Wildman–Crippen MR) is 112 cm³/mol. The smallest absolute Gasteiger partial charge is 0.318 e. The van der Waals surface area contributed by atoms with Crippen molar-refractivity contribution in [3.8, 4) is 0 Å². The molecule has 0 radical (unpaired) electrons. The molecule has 0 saturated heterocycles. The standard InChI is InChI=1S/C21H21Cl2N3O2/c1-12-7-18-16(9-17(12)23)15-5-6-26(19(11-27)20(15)25-18)21(28)24-10-13-3-2-4-14(22)8-13/h2-4,7-9,19,25,27H,5-6,10-11H2,1H3,(H,24,28). The van der Waals surface area contributed by atoms with Gasteiger partial charge >= 0.3 is 6.03 Å². The molecule has 1 aromatic heterocycles. The molecule has 0 spiro atoms. The molecule has 2 aromatic carbocycles. The number of carbonyl (C=O) groups excluding carboxylic acids is 1. The maximum absolute atomic E-state index is 12.8. The topological polar surface area (TPSA) is 68.4 Å². The maximum atomic E-state index is 12.8. The molecule has 28 heavy (non-hydrogen) atoms. The normalized spacial score (nSPS) is 16.3. The van der Waals surface area contributed by atoms with Crippen molar-refractivity contribution in [3.63, 3.8) is 0 Å². The van der Waals surface area contributed by atoms with Crippen LogP contribution >= 0.6 is 23.2 Å². The third-order valence-corrected chi connectivity index (χ3v) is 5.94. The lowest BCUT2D eigenvalue weighted by atomic mass is 9.97. The van der Waals surface area contributed by atoms with Crippen LogP contribution in [0.3, 0.4) is 0 Å². The van der Waals surface area contributed by atoms with Crippen molar-refractivity contribution < 1.29 is 9.90 Å². The van der Waals surface area contributed by atoms with E-state index in [1.54, 1.807) is 11.0 Å². The van der Waals surface area contributed by atoms with E-state index >= 15 is 0 Å². The van der Waals surface area contributed by atoms with E-state index in [4.69, 9.17) is 23.2 Å². The minimum absolute atomic E-state index is 0.156. The third kappa shape index (κ3) is 3.46. The summed E-state index contributed by atoms with van der Waals surface area (Å²) in [5, 5.41) is 15.4. The number of hydrogen-bond acceptors (Lipinski definition) is 2. The van der Waals surface area contributed by atoms with Gasteiger partial charge in [0.1, 0.15) is 0 Å². The Bertz CT molecular complexity index is 1050. The molecule has 1 aliphatic heterocycles. The molecule has 1 atom stereocenters. The molecule has 1 unspecified atom stereocenters. The first-order valence-electron chi connectivity index (χ1n) is 9.18. The van der Waals surface area contributed by atoms with Gasteiger partial charge in [-0.05, 0) is 54.3 Å². The predicted octanol–water partition coefficient (Wildman–Crippen LogP) is 4.58. The lowest BCUT2D eigenvalue weighted by molar-refractivity contribution is 0.125. The molecule has 4 rings (SSSR count). The van der Waals surface area contributed by atoms with E-state index in [1.165, 1.54) is 0 Å². The van der Waals surface area contributed by atoms with Crippen LogP contribution in [0.4, 0.5) is 4.79 Å². The highest BCUT2D eigenvalue weighted by Crippen LogP contribution is 2.36. The van der Waals surface area contributed by atoms with Crippen molar-refractivity contribution in [1.29, 1.82) is 0 Å². The number of amides is 2. The summed E-state index contributed by atoms with van der Waals surface area (Å²) in [6.07, 6.45) is 0.704. The second kappa shape index (κ2) is 7.66. The number of aromatic amines is 1. The van der Waals surface area contributed by atoms with E-state index in [1.807, 2.05) is 37.3 Å². The summed E-state index contributed by atoms with van der Waals surface area (Å²) in [5.41, 5.74) is 4.89. The highest BCUT2D eigenvalue weighted by atomic mass is 35.5.